The van der Waals surface area contributed by atoms with Crippen molar-refractivity contribution in [2.24, 2.45) is 7.05 Å². The van der Waals surface area contributed by atoms with Gasteiger partial charge in [-0.25, -0.2) is 9.78 Å². The summed E-state index contributed by atoms with van der Waals surface area (Å²) < 4.78 is 6.90. The van der Waals surface area contributed by atoms with Gasteiger partial charge in [0.1, 0.15) is 5.01 Å². The second kappa shape index (κ2) is 7.22. The number of hydrogen-bond acceptors (Lipinski definition) is 7. The molecule has 0 N–H and O–H groups in total. The third-order valence-corrected chi connectivity index (χ3v) is 4.29. The molecule has 0 fully saturated rings. The quantitative estimate of drug-likeness (QED) is 0.381. The molecule has 0 aliphatic rings. The molecule has 0 bridgehead atoms. The lowest BCUT2D eigenvalue weighted by Gasteiger charge is -2.01. The average Bonchev–Trinajstić information content (AvgIpc) is 3.24. The fourth-order valence-electron chi connectivity index (χ4n) is 2.19. The van der Waals surface area contributed by atoms with Crippen LogP contribution in [0.15, 0.2) is 42.0 Å². The molecule has 8 nitrogen and oxygen atoms in total. The first-order valence-corrected chi connectivity index (χ1v) is 8.26. The molecule has 0 unspecified atom stereocenters. The minimum atomic E-state index is -0.517. The van der Waals surface area contributed by atoms with Gasteiger partial charge in [0.05, 0.1) is 17.7 Å². The molecule has 2 heterocycles. The van der Waals surface area contributed by atoms with Crippen LogP contribution in [-0.4, -0.2) is 32.3 Å². The molecule has 0 aliphatic heterocycles. The van der Waals surface area contributed by atoms with E-state index in [4.69, 9.17) is 4.74 Å². The van der Waals surface area contributed by atoms with Crippen LogP contribution in [0, 0.1) is 10.1 Å². The van der Waals surface area contributed by atoms with Crippen LogP contribution in [0.1, 0.15) is 16.1 Å². The van der Waals surface area contributed by atoms with Crippen molar-refractivity contribution in [2.45, 2.75) is 6.42 Å². The third kappa shape index (κ3) is 4.07. The van der Waals surface area contributed by atoms with E-state index in [2.05, 4.69) is 10.1 Å². The molecule has 2 aromatic heterocycles. The van der Waals surface area contributed by atoms with Crippen molar-refractivity contribution in [2.75, 3.05) is 6.61 Å². The van der Waals surface area contributed by atoms with E-state index in [0.29, 0.717) is 17.0 Å². The monoisotopic (exact) mass is 358 g/mol. The molecule has 128 valence electrons. The van der Waals surface area contributed by atoms with Crippen LogP contribution in [0.2, 0.25) is 0 Å². The van der Waals surface area contributed by atoms with Gasteiger partial charge in [0.15, 0.2) is 5.69 Å². The van der Waals surface area contributed by atoms with E-state index in [1.807, 2.05) is 13.2 Å². The molecule has 0 amide bonds. The second-order valence-corrected chi connectivity index (χ2v) is 6.11. The van der Waals surface area contributed by atoms with E-state index in [-0.39, 0.29) is 18.0 Å². The number of hydrogen-bond donors (Lipinski definition) is 0. The summed E-state index contributed by atoms with van der Waals surface area (Å²) >= 11 is 1.24. The second-order valence-electron chi connectivity index (χ2n) is 5.25. The van der Waals surface area contributed by atoms with Crippen LogP contribution in [0.25, 0.3) is 10.6 Å². The number of aryl methyl sites for hydroxylation is 1. The Labute approximate surface area is 146 Å². The van der Waals surface area contributed by atoms with Gasteiger partial charge in [0, 0.05) is 42.7 Å². The number of non-ortho nitro benzene ring substituents is 1. The summed E-state index contributed by atoms with van der Waals surface area (Å²) in [5, 5.41) is 17.0. The first-order valence-electron chi connectivity index (χ1n) is 7.38. The van der Waals surface area contributed by atoms with Crippen molar-refractivity contribution in [3.8, 4) is 10.6 Å². The maximum Gasteiger partial charge on any atom is 0.357 e. The molecule has 0 aliphatic carbocycles. The zero-order valence-corrected chi connectivity index (χ0v) is 14.1. The van der Waals surface area contributed by atoms with Crippen molar-refractivity contribution < 1.29 is 14.5 Å². The summed E-state index contributed by atoms with van der Waals surface area (Å²) in [6.07, 6.45) is 4.15. The number of ether oxygens (including phenoxy) is 1. The Morgan fingerprint density at radius 2 is 2.28 bits per heavy atom. The van der Waals surface area contributed by atoms with Crippen molar-refractivity contribution in [1.82, 2.24) is 14.8 Å². The number of nitrogens with zero attached hydrogens (tertiary/aromatic N) is 4. The predicted octanol–water partition coefficient (Wildman–Crippen LogP) is 2.85. The van der Waals surface area contributed by atoms with Gasteiger partial charge < -0.3 is 4.74 Å². The number of benzene rings is 1. The lowest BCUT2D eigenvalue weighted by molar-refractivity contribution is -0.384. The summed E-state index contributed by atoms with van der Waals surface area (Å²) in [6, 6.07) is 6.13. The summed E-state index contributed by atoms with van der Waals surface area (Å²) in [5.74, 6) is -0.517. The SMILES string of the molecule is Cn1cc(CCOC(=O)c2csc(-c3cccc([N+](=O)[O-])c3)n2)cn1. The number of esters is 1. The highest BCUT2D eigenvalue weighted by atomic mass is 32.1. The topological polar surface area (TPSA) is 100 Å². The first kappa shape index (κ1) is 16.8. The van der Waals surface area contributed by atoms with Gasteiger partial charge in [0.25, 0.3) is 5.69 Å². The number of carbonyl (C=O) groups is 1. The Morgan fingerprint density at radius 3 is 3.00 bits per heavy atom. The number of aromatic nitrogens is 3. The smallest absolute Gasteiger partial charge is 0.357 e. The maximum atomic E-state index is 12.1. The molecule has 3 rings (SSSR count). The molecular formula is C16H14N4O4S. The summed E-state index contributed by atoms with van der Waals surface area (Å²) in [7, 11) is 1.82. The van der Waals surface area contributed by atoms with E-state index < -0.39 is 10.9 Å². The Bertz CT molecular complexity index is 918. The lowest BCUT2D eigenvalue weighted by atomic mass is 10.2. The van der Waals surface area contributed by atoms with Gasteiger partial charge in [-0.05, 0) is 5.56 Å². The Hall–Kier alpha value is -3.07. The average molecular weight is 358 g/mol. The molecule has 0 saturated heterocycles. The molecule has 0 spiro atoms. The van der Waals surface area contributed by atoms with Crippen LogP contribution >= 0.6 is 11.3 Å². The van der Waals surface area contributed by atoms with E-state index in [1.165, 1.54) is 23.5 Å². The fraction of sp³-hybridized carbons (Fsp3) is 0.188. The minimum Gasteiger partial charge on any atom is -0.461 e. The number of nitro groups is 1. The van der Waals surface area contributed by atoms with Gasteiger partial charge in [-0.15, -0.1) is 11.3 Å². The predicted molar refractivity (Wildman–Crippen MR) is 91.4 cm³/mol. The first-order chi connectivity index (χ1) is 12.0. The molecule has 1 aromatic carbocycles. The molecular weight excluding hydrogens is 344 g/mol. The largest absolute Gasteiger partial charge is 0.461 e. The number of rotatable bonds is 6. The number of carbonyl (C=O) groups excluding carboxylic acids is 1. The standard InChI is InChI=1S/C16H14N4O4S/c1-19-9-11(8-17-19)5-6-24-16(21)14-10-25-15(18-14)12-3-2-4-13(7-12)20(22)23/h2-4,7-10H,5-6H2,1H3. The highest BCUT2D eigenvalue weighted by Gasteiger charge is 2.15. The van der Waals surface area contributed by atoms with E-state index >= 15 is 0 Å². The van der Waals surface area contributed by atoms with Gasteiger partial charge in [-0.2, -0.15) is 5.10 Å². The van der Waals surface area contributed by atoms with Crippen LogP contribution in [-0.2, 0) is 18.2 Å². The van der Waals surface area contributed by atoms with E-state index in [0.717, 1.165) is 5.56 Å². The minimum absolute atomic E-state index is 0.0201. The molecule has 0 radical (unpaired) electrons. The maximum absolute atomic E-state index is 12.1. The van der Waals surface area contributed by atoms with Crippen molar-refractivity contribution in [1.29, 1.82) is 0 Å². The highest BCUT2D eigenvalue weighted by molar-refractivity contribution is 7.13. The summed E-state index contributed by atoms with van der Waals surface area (Å²) in [4.78, 5) is 26.6. The molecule has 25 heavy (non-hydrogen) atoms. The lowest BCUT2D eigenvalue weighted by Crippen LogP contribution is -2.08. The van der Waals surface area contributed by atoms with Crippen LogP contribution in [0.5, 0.6) is 0 Å². The van der Waals surface area contributed by atoms with E-state index in [9.17, 15) is 14.9 Å². The van der Waals surface area contributed by atoms with Gasteiger partial charge in [-0.1, -0.05) is 12.1 Å². The molecule has 9 heteroatoms. The van der Waals surface area contributed by atoms with Gasteiger partial charge in [0.2, 0.25) is 0 Å². The van der Waals surface area contributed by atoms with E-state index in [1.54, 1.807) is 28.4 Å². The van der Waals surface area contributed by atoms with Crippen molar-refractivity contribution >= 4 is 23.0 Å². The Balaban J connectivity index is 1.63. The molecule has 3 aromatic rings. The molecule has 0 saturated carbocycles. The zero-order valence-electron chi connectivity index (χ0n) is 13.3. The van der Waals surface area contributed by atoms with Crippen molar-refractivity contribution in [3.05, 3.63) is 63.4 Å². The normalized spacial score (nSPS) is 10.6. The van der Waals surface area contributed by atoms with Gasteiger partial charge in [-0.3, -0.25) is 14.8 Å². The highest BCUT2D eigenvalue weighted by Crippen LogP contribution is 2.27. The number of nitro benzene ring substituents is 1. The Kier molecular flexibility index (Phi) is 4.85. The van der Waals surface area contributed by atoms with Crippen LogP contribution < -0.4 is 0 Å². The van der Waals surface area contributed by atoms with Crippen molar-refractivity contribution in [3.63, 3.8) is 0 Å². The summed E-state index contributed by atoms with van der Waals surface area (Å²) in [5.41, 5.74) is 1.74. The Morgan fingerprint density at radius 1 is 1.44 bits per heavy atom. The third-order valence-electron chi connectivity index (χ3n) is 3.40. The number of thiazole rings is 1. The fourth-order valence-corrected chi connectivity index (χ4v) is 2.98. The zero-order chi connectivity index (χ0) is 17.8. The van der Waals surface area contributed by atoms with Gasteiger partial charge >= 0.3 is 5.97 Å². The summed E-state index contributed by atoms with van der Waals surface area (Å²) in [6.45, 7) is 0.230. The van der Waals surface area contributed by atoms with Crippen LogP contribution in [0.4, 0.5) is 5.69 Å². The van der Waals surface area contributed by atoms with Crippen LogP contribution in [0.3, 0.4) is 0 Å². The molecule has 0 atom stereocenters.